The van der Waals surface area contributed by atoms with E-state index in [4.69, 9.17) is 21.1 Å². The highest BCUT2D eigenvalue weighted by molar-refractivity contribution is 9.10. The Hall–Kier alpha value is -3.41. The van der Waals surface area contributed by atoms with Crippen molar-refractivity contribution in [3.63, 3.8) is 0 Å². The van der Waals surface area contributed by atoms with Crippen LogP contribution in [0.5, 0.6) is 11.5 Å². The minimum absolute atomic E-state index is 0.00391. The second-order valence-electron chi connectivity index (χ2n) is 10.1. The zero-order valence-electron chi connectivity index (χ0n) is 22.5. The van der Waals surface area contributed by atoms with Gasteiger partial charge in [0.05, 0.1) is 23.3 Å². The molecule has 210 valence electrons. The molecule has 0 fully saturated rings. The maximum Gasteiger partial charge on any atom is 0.142 e. The summed E-state index contributed by atoms with van der Waals surface area (Å²) in [5.74, 6) is 0.822. The summed E-state index contributed by atoms with van der Waals surface area (Å²) >= 11 is 10.2. The number of halogens is 3. The van der Waals surface area contributed by atoms with Crippen LogP contribution in [0.1, 0.15) is 47.3 Å². The van der Waals surface area contributed by atoms with Crippen molar-refractivity contribution < 1.29 is 19.0 Å². The molecule has 0 aliphatic heterocycles. The van der Waals surface area contributed by atoms with Crippen molar-refractivity contribution in [2.75, 3.05) is 6.61 Å². The number of nitriles is 1. The smallest absolute Gasteiger partial charge is 0.142 e. The maximum atomic E-state index is 14.6. The molecule has 0 heterocycles. The SMILES string of the molecule is C[C@H](CO)NCc1cc(Cl)c(O[C@H]2CCc3c(-c4ccccc4F)cccc32)cc1OCc1cc(Br)cc(C#N)c1. The van der Waals surface area contributed by atoms with Crippen LogP contribution in [0.15, 0.2) is 77.3 Å². The summed E-state index contributed by atoms with van der Waals surface area (Å²) in [6.45, 7) is 2.54. The van der Waals surface area contributed by atoms with Crippen molar-refractivity contribution in [2.45, 2.75) is 45.1 Å². The quantitative estimate of drug-likeness (QED) is 0.185. The Labute approximate surface area is 252 Å². The molecule has 1 aliphatic carbocycles. The van der Waals surface area contributed by atoms with Gasteiger partial charge in [-0.15, -0.1) is 0 Å². The molecule has 2 N–H and O–H groups in total. The predicted molar refractivity (Wildman–Crippen MR) is 162 cm³/mol. The summed E-state index contributed by atoms with van der Waals surface area (Å²) in [5.41, 5.74) is 5.74. The van der Waals surface area contributed by atoms with Gasteiger partial charge in [0, 0.05) is 34.3 Å². The molecule has 4 aromatic carbocycles. The monoisotopic (exact) mass is 634 g/mol. The molecule has 5 rings (SSSR count). The van der Waals surface area contributed by atoms with Crippen molar-refractivity contribution in [1.29, 1.82) is 5.26 Å². The molecule has 0 bridgehead atoms. The van der Waals surface area contributed by atoms with E-state index in [0.717, 1.165) is 45.1 Å². The average molecular weight is 636 g/mol. The number of ether oxygens (including phenoxy) is 2. The summed E-state index contributed by atoms with van der Waals surface area (Å²) in [5, 5.41) is 22.5. The summed E-state index contributed by atoms with van der Waals surface area (Å²) in [4.78, 5) is 0. The van der Waals surface area contributed by atoms with E-state index in [9.17, 15) is 14.8 Å². The van der Waals surface area contributed by atoms with Crippen molar-refractivity contribution >= 4 is 27.5 Å². The first kappa shape index (κ1) is 29.1. The van der Waals surface area contributed by atoms with Gasteiger partial charge in [0.15, 0.2) is 0 Å². The Balaban J connectivity index is 1.43. The first-order chi connectivity index (χ1) is 19.9. The van der Waals surface area contributed by atoms with E-state index < -0.39 is 0 Å². The summed E-state index contributed by atoms with van der Waals surface area (Å²) in [6.07, 6.45) is 1.25. The lowest BCUT2D eigenvalue weighted by molar-refractivity contribution is 0.206. The van der Waals surface area contributed by atoms with E-state index in [-0.39, 0.29) is 31.2 Å². The van der Waals surface area contributed by atoms with Crippen LogP contribution in [-0.2, 0) is 19.6 Å². The van der Waals surface area contributed by atoms with Gasteiger partial charge >= 0.3 is 0 Å². The van der Waals surface area contributed by atoms with Crippen molar-refractivity contribution in [3.05, 3.63) is 116 Å². The van der Waals surface area contributed by atoms with Gasteiger partial charge in [0.2, 0.25) is 0 Å². The lowest BCUT2D eigenvalue weighted by atomic mass is 9.96. The Kier molecular flexibility index (Phi) is 9.26. The molecular weight excluding hydrogens is 607 g/mol. The molecule has 0 amide bonds. The standard InChI is InChI=1S/C33H29BrClFN2O3/c1-20(18-39)38-17-23-14-29(35)33(15-32(23)40-19-22-11-21(16-37)12-24(34)13-22)41-31-10-9-26-25(6-4-7-28(26)31)27-5-2-3-8-30(27)36/h2-8,11-15,20,31,38-39H,9-10,17-19H2,1H3/t20-,31+/m1/s1. The van der Waals surface area contributed by atoms with Crippen LogP contribution < -0.4 is 14.8 Å². The zero-order chi connectivity index (χ0) is 28.9. The average Bonchev–Trinajstić information content (AvgIpc) is 3.39. The number of fused-ring (bicyclic) bond motifs is 1. The number of aliphatic hydroxyl groups excluding tert-OH is 1. The number of rotatable bonds is 10. The van der Waals surface area contributed by atoms with Crippen LogP contribution in [0.4, 0.5) is 4.39 Å². The molecule has 0 radical (unpaired) electrons. The van der Waals surface area contributed by atoms with E-state index in [1.807, 2.05) is 43.3 Å². The Morgan fingerprint density at radius 3 is 2.68 bits per heavy atom. The fraction of sp³-hybridized carbons (Fsp3) is 0.242. The molecule has 8 heteroatoms. The first-order valence-corrected chi connectivity index (χ1v) is 14.6. The molecule has 0 spiro atoms. The molecule has 2 atom stereocenters. The van der Waals surface area contributed by atoms with E-state index >= 15 is 0 Å². The van der Waals surface area contributed by atoms with Crippen molar-refractivity contribution in [2.24, 2.45) is 0 Å². The summed E-state index contributed by atoms with van der Waals surface area (Å²) in [7, 11) is 0. The maximum absolute atomic E-state index is 14.6. The molecule has 0 saturated heterocycles. The van der Waals surface area contributed by atoms with Crippen LogP contribution in [0.25, 0.3) is 11.1 Å². The number of hydrogen-bond donors (Lipinski definition) is 2. The van der Waals surface area contributed by atoms with Gasteiger partial charge in [0.1, 0.15) is 30.0 Å². The van der Waals surface area contributed by atoms with Gasteiger partial charge < -0.3 is 19.9 Å². The Morgan fingerprint density at radius 1 is 1.10 bits per heavy atom. The fourth-order valence-electron chi connectivity index (χ4n) is 5.07. The van der Waals surface area contributed by atoms with Crippen LogP contribution >= 0.6 is 27.5 Å². The Bertz CT molecular complexity index is 1610. The summed E-state index contributed by atoms with van der Waals surface area (Å²) in [6, 6.07) is 23.8. The highest BCUT2D eigenvalue weighted by atomic mass is 79.9. The van der Waals surface area contributed by atoms with Gasteiger partial charge in [-0.2, -0.15) is 5.26 Å². The van der Waals surface area contributed by atoms with Gasteiger partial charge in [0.25, 0.3) is 0 Å². The predicted octanol–water partition coefficient (Wildman–Crippen LogP) is 7.90. The number of benzene rings is 4. The van der Waals surface area contributed by atoms with Gasteiger partial charge in [-0.1, -0.05) is 63.9 Å². The number of hydrogen-bond acceptors (Lipinski definition) is 5. The van der Waals surface area contributed by atoms with Gasteiger partial charge in [-0.25, -0.2) is 4.39 Å². The van der Waals surface area contributed by atoms with Gasteiger partial charge in [-0.3, -0.25) is 0 Å². The molecule has 41 heavy (non-hydrogen) atoms. The third-order valence-corrected chi connectivity index (χ3v) is 7.91. The van der Waals surface area contributed by atoms with Gasteiger partial charge in [-0.05, 0) is 72.4 Å². The largest absolute Gasteiger partial charge is 0.488 e. The number of nitrogens with zero attached hydrogens (tertiary/aromatic N) is 1. The lowest BCUT2D eigenvalue weighted by Gasteiger charge is -2.20. The van der Waals surface area contributed by atoms with Crippen LogP contribution in [0.2, 0.25) is 5.02 Å². The van der Waals surface area contributed by atoms with Crippen LogP contribution in [0, 0.1) is 17.1 Å². The lowest BCUT2D eigenvalue weighted by Crippen LogP contribution is -2.28. The molecule has 0 aromatic heterocycles. The third-order valence-electron chi connectivity index (χ3n) is 7.16. The highest BCUT2D eigenvalue weighted by Crippen LogP contribution is 2.43. The van der Waals surface area contributed by atoms with Crippen LogP contribution in [0.3, 0.4) is 0 Å². The van der Waals surface area contributed by atoms with E-state index in [1.54, 1.807) is 30.3 Å². The fourth-order valence-corrected chi connectivity index (χ4v) is 5.84. The molecule has 4 aromatic rings. The third kappa shape index (κ3) is 6.74. The molecule has 0 saturated carbocycles. The highest BCUT2D eigenvalue weighted by Gasteiger charge is 2.28. The Morgan fingerprint density at radius 2 is 1.90 bits per heavy atom. The minimum atomic E-state index is -0.248. The van der Waals surface area contributed by atoms with E-state index in [1.165, 1.54) is 6.07 Å². The van der Waals surface area contributed by atoms with Crippen LogP contribution in [-0.4, -0.2) is 17.8 Å². The minimum Gasteiger partial charge on any atom is -0.488 e. The van der Waals surface area contributed by atoms with Crippen molar-refractivity contribution in [3.8, 4) is 28.7 Å². The molecule has 5 nitrogen and oxygen atoms in total. The first-order valence-electron chi connectivity index (χ1n) is 13.4. The molecular formula is C33H29BrClFN2O3. The summed E-state index contributed by atoms with van der Waals surface area (Å²) < 4.78 is 28.2. The second-order valence-corrected chi connectivity index (χ2v) is 11.4. The van der Waals surface area contributed by atoms with Crippen molar-refractivity contribution in [1.82, 2.24) is 5.32 Å². The molecule has 1 aliphatic rings. The van der Waals surface area contributed by atoms with E-state index in [2.05, 4.69) is 27.3 Å². The zero-order valence-corrected chi connectivity index (χ0v) is 24.8. The topological polar surface area (TPSA) is 74.5 Å². The number of nitrogens with one attached hydrogen (secondary N) is 1. The van der Waals surface area contributed by atoms with E-state index in [0.29, 0.717) is 34.2 Å². The number of aliphatic hydroxyl groups is 1. The molecule has 0 unspecified atom stereocenters. The normalized spacial score (nSPS) is 14.8. The second kappa shape index (κ2) is 13.1.